The first-order valence-electron chi connectivity index (χ1n) is 6.34. The predicted molar refractivity (Wildman–Crippen MR) is 73.0 cm³/mol. The van der Waals surface area contributed by atoms with Crippen molar-refractivity contribution in [2.45, 2.75) is 19.3 Å². The molecule has 1 aromatic carbocycles. The maximum atomic E-state index is 12.5. The van der Waals surface area contributed by atoms with Crippen LogP contribution >= 0.6 is 0 Å². The second kappa shape index (κ2) is 6.13. The Balaban J connectivity index is 2.43. The van der Waals surface area contributed by atoms with E-state index in [1.54, 1.807) is 31.6 Å². The van der Waals surface area contributed by atoms with Crippen LogP contribution in [0.3, 0.4) is 0 Å². The topological polar surface area (TPSA) is 34.2 Å². The molecule has 1 heterocycles. The van der Waals surface area contributed by atoms with Crippen molar-refractivity contribution in [3.8, 4) is 5.75 Å². The number of para-hydroxylation sites is 1. The molecule has 2 aromatic rings. The number of hydrogen-bond donors (Lipinski definition) is 1. The minimum atomic E-state index is -4.72. The summed E-state index contributed by atoms with van der Waals surface area (Å²) in [7, 11) is 1.68. The van der Waals surface area contributed by atoms with Crippen molar-refractivity contribution in [3.05, 3.63) is 59.4 Å². The minimum absolute atomic E-state index is 0.217. The molecule has 1 aromatic heterocycles. The van der Waals surface area contributed by atoms with Crippen molar-refractivity contribution in [1.82, 2.24) is 10.3 Å². The van der Waals surface area contributed by atoms with E-state index in [-0.39, 0.29) is 5.75 Å². The zero-order valence-corrected chi connectivity index (χ0v) is 11.6. The summed E-state index contributed by atoms with van der Waals surface area (Å²) in [6, 6.07) is 7.52. The number of rotatable bonds is 4. The van der Waals surface area contributed by atoms with E-state index in [1.807, 2.05) is 13.0 Å². The Morgan fingerprint density at radius 2 is 1.90 bits per heavy atom. The van der Waals surface area contributed by atoms with Crippen molar-refractivity contribution in [2.24, 2.45) is 0 Å². The lowest BCUT2D eigenvalue weighted by atomic mass is 9.98. The Hall–Kier alpha value is -2.08. The average molecular weight is 296 g/mol. The number of alkyl halides is 3. The first-order valence-corrected chi connectivity index (χ1v) is 6.34. The molecule has 1 N–H and O–H groups in total. The van der Waals surface area contributed by atoms with Crippen LogP contribution in [0.1, 0.15) is 22.7 Å². The molecule has 6 heteroatoms. The molecule has 0 spiro atoms. The highest BCUT2D eigenvalue weighted by atomic mass is 19.4. The van der Waals surface area contributed by atoms with Gasteiger partial charge in [-0.1, -0.05) is 24.3 Å². The van der Waals surface area contributed by atoms with E-state index in [0.717, 1.165) is 11.1 Å². The molecular formula is C15H15F3N2O. The molecular weight excluding hydrogens is 281 g/mol. The highest BCUT2D eigenvalue weighted by Gasteiger charge is 2.33. The minimum Gasteiger partial charge on any atom is -0.405 e. The van der Waals surface area contributed by atoms with Crippen molar-refractivity contribution in [3.63, 3.8) is 0 Å². The van der Waals surface area contributed by atoms with E-state index >= 15 is 0 Å². The van der Waals surface area contributed by atoms with Gasteiger partial charge in [-0.15, -0.1) is 13.2 Å². The van der Waals surface area contributed by atoms with Gasteiger partial charge >= 0.3 is 6.36 Å². The first kappa shape index (κ1) is 15.3. The lowest BCUT2D eigenvalue weighted by Crippen LogP contribution is -2.22. The van der Waals surface area contributed by atoms with E-state index in [4.69, 9.17) is 0 Å². The van der Waals surface area contributed by atoms with Crippen molar-refractivity contribution < 1.29 is 17.9 Å². The molecule has 21 heavy (non-hydrogen) atoms. The average Bonchev–Trinajstić information content (AvgIpc) is 2.40. The number of hydrogen-bond acceptors (Lipinski definition) is 3. The molecule has 0 radical (unpaired) electrons. The largest absolute Gasteiger partial charge is 0.573 e. The van der Waals surface area contributed by atoms with Crippen LogP contribution in [0, 0.1) is 6.92 Å². The quantitative estimate of drug-likeness (QED) is 0.936. The highest BCUT2D eigenvalue weighted by Crippen LogP contribution is 2.33. The summed E-state index contributed by atoms with van der Waals surface area (Å²) in [6.45, 7) is 1.88. The van der Waals surface area contributed by atoms with Gasteiger partial charge in [-0.3, -0.25) is 4.98 Å². The van der Waals surface area contributed by atoms with Crippen LogP contribution in [-0.4, -0.2) is 18.4 Å². The van der Waals surface area contributed by atoms with E-state index in [1.165, 1.54) is 12.1 Å². The highest BCUT2D eigenvalue weighted by molar-refractivity contribution is 5.41. The Bertz CT molecular complexity index is 614. The molecule has 0 amide bonds. The lowest BCUT2D eigenvalue weighted by Gasteiger charge is -2.21. The number of benzene rings is 1. The van der Waals surface area contributed by atoms with Gasteiger partial charge in [-0.25, -0.2) is 0 Å². The van der Waals surface area contributed by atoms with Crippen LogP contribution in [0.15, 0.2) is 42.7 Å². The third kappa shape index (κ3) is 3.95. The summed E-state index contributed by atoms with van der Waals surface area (Å²) in [5, 5.41) is 3.00. The molecule has 0 aliphatic heterocycles. The van der Waals surface area contributed by atoms with Crippen molar-refractivity contribution in [1.29, 1.82) is 0 Å². The predicted octanol–water partition coefficient (Wildman–Crippen LogP) is 3.60. The van der Waals surface area contributed by atoms with Crippen LogP contribution in [0.25, 0.3) is 0 Å². The third-order valence-corrected chi connectivity index (χ3v) is 2.97. The summed E-state index contributed by atoms with van der Waals surface area (Å²) in [6.07, 6.45) is -1.41. The van der Waals surface area contributed by atoms with Gasteiger partial charge in [0.1, 0.15) is 5.75 Å². The fraction of sp³-hybridized carbons (Fsp3) is 0.267. The number of pyridine rings is 1. The molecule has 0 aliphatic rings. The Kier molecular flexibility index (Phi) is 4.47. The molecule has 3 nitrogen and oxygen atoms in total. The van der Waals surface area contributed by atoms with Gasteiger partial charge in [-0.05, 0) is 31.2 Å². The van der Waals surface area contributed by atoms with Crippen molar-refractivity contribution >= 4 is 0 Å². The number of aromatic nitrogens is 1. The summed E-state index contributed by atoms with van der Waals surface area (Å²) in [5.74, 6) is -0.217. The lowest BCUT2D eigenvalue weighted by molar-refractivity contribution is -0.275. The van der Waals surface area contributed by atoms with Gasteiger partial charge in [0.25, 0.3) is 0 Å². The second-order valence-corrected chi connectivity index (χ2v) is 4.60. The van der Waals surface area contributed by atoms with Gasteiger partial charge in [-0.2, -0.15) is 0 Å². The zero-order valence-electron chi connectivity index (χ0n) is 11.6. The van der Waals surface area contributed by atoms with Gasteiger partial charge < -0.3 is 10.1 Å². The molecule has 0 saturated heterocycles. The van der Waals surface area contributed by atoms with E-state index in [0.29, 0.717) is 5.56 Å². The van der Waals surface area contributed by atoms with Crippen molar-refractivity contribution in [2.75, 3.05) is 7.05 Å². The van der Waals surface area contributed by atoms with Gasteiger partial charge in [0, 0.05) is 18.0 Å². The van der Waals surface area contributed by atoms with E-state index in [9.17, 15) is 13.2 Å². The molecule has 2 rings (SSSR count). The summed E-state index contributed by atoms with van der Waals surface area (Å²) < 4.78 is 41.6. The maximum Gasteiger partial charge on any atom is 0.573 e. The number of halogens is 3. The van der Waals surface area contributed by atoms with E-state index < -0.39 is 12.4 Å². The SMILES string of the molecule is CNC(c1cncc(C)c1)c1ccccc1OC(F)(F)F. The van der Waals surface area contributed by atoms with Crippen LogP contribution in [0.4, 0.5) is 13.2 Å². The summed E-state index contributed by atoms with van der Waals surface area (Å²) in [4.78, 5) is 4.08. The first-order chi connectivity index (χ1) is 9.90. The Morgan fingerprint density at radius 1 is 1.19 bits per heavy atom. The number of aryl methyl sites for hydroxylation is 1. The monoisotopic (exact) mass is 296 g/mol. The molecule has 0 fully saturated rings. The van der Waals surface area contributed by atoms with Gasteiger partial charge in [0.15, 0.2) is 0 Å². The van der Waals surface area contributed by atoms with Crippen LogP contribution in [-0.2, 0) is 0 Å². The fourth-order valence-corrected chi connectivity index (χ4v) is 2.17. The van der Waals surface area contributed by atoms with Gasteiger partial charge in [0.2, 0.25) is 0 Å². The van der Waals surface area contributed by atoms with E-state index in [2.05, 4.69) is 15.0 Å². The molecule has 0 saturated carbocycles. The summed E-state index contributed by atoms with van der Waals surface area (Å²) in [5.41, 5.74) is 2.11. The molecule has 0 bridgehead atoms. The summed E-state index contributed by atoms with van der Waals surface area (Å²) >= 11 is 0. The molecule has 0 aliphatic carbocycles. The Labute approximate surface area is 120 Å². The number of ether oxygens (including phenoxy) is 1. The van der Waals surface area contributed by atoms with Crippen LogP contribution < -0.4 is 10.1 Å². The second-order valence-electron chi connectivity index (χ2n) is 4.60. The van der Waals surface area contributed by atoms with Crippen LogP contribution in [0.2, 0.25) is 0 Å². The van der Waals surface area contributed by atoms with Crippen LogP contribution in [0.5, 0.6) is 5.75 Å². The third-order valence-electron chi connectivity index (χ3n) is 2.97. The molecule has 112 valence electrons. The normalized spacial score (nSPS) is 13.0. The smallest absolute Gasteiger partial charge is 0.405 e. The molecule has 1 atom stereocenters. The Morgan fingerprint density at radius 3 is 2.52 bits per heavy atom. The standard InChI is InChI=1S/C15H15F3N2O/c1-10-7-11(9-20-8-10)14(19-2)12-5-3-4-6-13(12)21-15(16,17)18/h3-9,14,19H,1-2H3. The number of nitrogens with zero attached hydrogens (tertiary/aromatic N) is 1. The zero-order chi connectivity index (χ0) is 15.5. The van der Waals surface area contributed by atoms with Gasteiger partial charge in [0.05, 0.1) is 6.04 Å². The molecule has 1 unspecified atom stereocenters. The number of nitrogens with one attached hydrogen (secondary N) is 1. The maximum absolute atomic E-state index is 12.5. The fourth-order valence-electron chi connectivity index (χ4n) is 2.17.